The van der Waals surface area contributed by atoms with Gasteiger partial charge in [-0.25, -0.2) is 9.97 Å². The predicted octanol–water partition coefficient (Wildman–Crippen LogP) is 2.25. The molecule has 2 atom stereocenters. The summed E-state index contributed by atoms with van der Waals surface area (Å²) in [7, 11) is 0. The summed E-state index contributed by atoms with van der Waals surface area (Å²) in [6.07, 6.45) is 10.3. The zero-order chi connectivity index (χ0) is 13.2. The molecule has 1 aliphatic heterocycles. The van der Waals surface area contributed by atoms with Crippen LogP contribution in [0.1, 0.15) is 12.8 Å². The Labute approximate surface area is 121 Å². The molecule has 19 heavy (non-hydrogen) atoms. The van der Waals surface area contributed by atoms with E-state index in [1.807, 2.05) is 0 Å². The van der Waals surface area contributed by atoms with E-state index in [1.165, 1.54) is 0 Å². The van der Waals surface area contributed by atoms with E-state index in [9.17, 15) is 5.11 Å². The van der Waals surface area contributed by atoms with Crippen LogP contribution in [0.3, 0.4) is 0 Å². The van der Waals surface area contributed by atoms with Crippen LogP contribution >= 0.6 is 15.9 Å². The molecule has 1 fully saturated rings. The number of aliphatic hydroxyl groups is 1. The first-order valence-electron chi connectivity index (χ1n) is 6.79. The van der Waals surface area contributed by atoms with Crippen molar-refractivity contribution in [2.24, 2.45) is 17.8 Å². The van der Waals surface area contributed by atoms with Gasteiger partial charge in [0.25, 0.3) is 0 Å². The number of anilines is 1. The molecule has 0 amide bonds. The molecule has 1 N–H and O–H groups in total. The van der Waals surface area contributed by atoms with Crippen molar-refractivity contribution in [3.8, 4) is 0 Å². The first kappa shape index (κ1) is 13.1. The van der Waals surface area contributed by atoms with Gasteiger partial charge in [-0.05, 0) is 40.6 Å². The van der Waals surface area contributed by atoms with Gasteiger partial charge in [-0.1, -0.05) is 12.2 Å². The van der Waals surface area contributed by atoms with E-state index in [-0.39, 0.29) is 6.61 Å². The number of hydrogen-bond donors (Lipinski definition) is 1. The second kappa shape index (κ2) is 5.59. The fraction of sp³-hybridized carbons (Fsp3) is 0.571. The number of aliphatic hydroxyl groups excluding tert-OH is 1. The molecule has 0 saturated carbocycles. The minimum Gasteiger partial charge on any atom is -0.396 e. The van der Waals surface area contributed by atoms with Gasteiger partial charge in [0.1, 0.15) is 0 Å². The number of allylic oxidation sites excluding steroid dienone is 1. The van der Waals surface area contributed by atoms with Crippen molar-refractivity contribution in [1.29, 1.82) is 0 Å². The Kier molecular flexibility index (Phi) is 3.84. The quantitative estimate of drug-likeness (QED) is 0.867. The third-order valence-corrected chi connectivity index (χ3v) is 4.67. The number of hydrogen-bond acceptors (Lipinski definition) is 4. The van der Waals surface area contributed by atoms with Gasteiger partial charge in [-0.3, -0.25) is 0 Å². The lowest BCUT2D eigenvalue weighted by Crippen LogP contribution is -2.40. The number of halogens is 1. The molecule has 1 aliphatic carbocycles. The van der Waals surface area contributed by atoms with Crippen molar-refractivity contribution in [2.45, 2.75) is 12.8 Å². The monoisotopic (exact) mass is 323 g/mol. The summed E-state index contributed by atoms with van der Waals surface area (Å²) in [5.74, 6) is 2.50. The number of aromatic nitrogens is 2. The van der Waals surface area contributed by atoms with Crippen molar-refractivity contribution >= 4 is 21.9 Å². The zero-order valence-electron chi connectivity index (χ0n) is 10.7. The highest BCUT2D eigenvalue weighted by atomic mass is 79.9. The molecule has 2 heterocycles. The Balaban J connectivity index is 1.57. The summed E-state index contributed by atoms with van der Waals surface area (Å²) in [4.78, 5) is 11.0. The maximum Gasteiger partial charge on any atom is 0.225 e. The number of rotatable bonds is 3. The van der Waals surface area contributed by atoms with Gasteiger partial charge in [-0.15, -0.1) is 0 Å². The maximum absolute atomic E-state index is 9.26. The normalized spacial score (nSPS) is 27.4. The number of piperidine rings is 1. The maximum atomic E-state index is 9.26. The molecular formula is C14H18BrN3O. The van der Waals surface area contributed by atoms with E-state index < -0.39 is 0 Å². The van der Waals surface area contributed by atoms with E-state index in [2.05, 4.69) is 42.9 Å². The van der Waals surface area contributed by atoms with Crippen LogP contribution in [0, 0.1) is 17.8 Å². The molecule has 0 bridgehead atoms. The van der Waals surface area contributed by atoms with Crippen molar-refractivity contribution in [3.05, 3.63) is 29.0 Å². The molecule has 4 nitrogen and oxygen atoms in total. The van der Waals surface area contributed by atoms with E-state index in [0.29, 0.717) is 17.8 Å². The first-order valence-corrected chi connectivity index (χ1v) is 7.59. The first-order chi connectivity index (χ1) is 9.28. The van der Waals surface area contributed by atoms with Crippen LogP contribution in [0.2, 0.25) is 0 Å². The van der Waals surface area contributed by atoms with E-state index >= 15 is 0 Å². The van der Waals surface area contributed by atoms with Gasteiger partial charge in [0.15, 0.2) is 0 Å². The molecule has 0 spiro atoms. The summed E-state index contributed by atoms with van der Waals surface area (Å²) < 4.78 is 0.913. The SMILES string of the molecule is OCC1C=CC1C1CCN(c2ncc(Br)cn2)CC1. The minimum absolute atomic E-state index is 0.289. The van der Waals surface area contributed by atoms with Crippen molar-refractivity contribution in [2.75, 3.05) is 24.6 Å². The fourth-order valence-corrected chi connectivity index (χ4v) is 3.24. The van der Waals surface area contributed by atoms with Gasteiger partial charge in [0.2, 0.25) is 5.95 Å². The van der Waals surface area contributed by atoms with Crippen molar-refractivity contribution in [3.63, 3.8) is 0 Å². The highest BCUT2D eigenvalue weighted by molar-refractivity contribution is 9.10. The molecule has 1 saturated heterocycles. The Morgan fingerprint density at radius 3 is 2.42 bits per heavy atom. The molecule has 2 unspecified atom stereocenters. The second-order valence-electron chi connectivity index (χ2n) is 5.33. The molecule has 2 aliphatic rings. The van der Waals surface area contributed by atoms with E-state index in [4.69, 9.17) is 0 Å². The molecule has 3 rings (SSSR count). The highest BCUT2D eigenvalue weighted by Crippen LogP contribution is 2.37. The Bertz CT molecular complexity index is 454. The van der Waals surface area contributed by atoms with Crippen LogP contribution in [0.4, 0.5) is 5.95 Å². The molecule has 0 radical (unpaired) electrons. The lowest BCUT2D eigenvalue weighted by Gasteiger charge is -2.40. The van der Waals surface area contributed by atoms with Crippen LogP contribution in [0.5, 0.6) is 0 Å². The highest BCUT2D eigenvalue weighted by Gasteiger charge is 2.33. The average molecular weight is 324 g/mol. The Hall–Kier alpha value is -0.940. The minimum atomic E-state index is 0.289. The zero-order valence-corrected chi connectivity index (χ0v) is 12.3. The van der Waals surface area contributed by atoms with Crippen molar-refractivity contribution < 1.29 is 5.11 Å². The van der Waals surface area contributed by atoms with Gasteiger partial charge < -0.3 is 10.0 Å². The third-order valence-electron chi connectivity index (χ3n) is 4.26. The average Bonchev–Trinajstić information content (AvgIpc) is 2.40. The summed E-state index contributed by atoms with van der Waals surface area (Å²) in [6, 6.07) is 0. The predicted molar refractivity (Wildman–Crippen MR) is 77.9 cm³/mol. The van der Waals surface area contributed by atoms with Crippen molar-refractivity contribution in [1.82, 2.24) is 9.97 Å². The van der Waals surface area contributed by atoms with Gasteiger partial charge in [-0.2, -0.15) is 0 Å². The molecule has 1 aromatic rings. The number of nitrogens with zero attached hydrogens (tertiary/aromatic N) is 3. The van der Waals surface area contributed by atoms with Crippen LogP contribution in [-0.4, -0.2) is 34.8 Å². The van der Waals surface area contributed by atoms with Gasteiger partial charge in [0, 0.05) is 38.0 Å². The second-order valence-corrected chi connectivity index (χ2v) is 6.25. The summed E-state index contributed by atoms with van der Waals surface area (Å²) in [5.41, 5.74) is 0. The largest absolute Gasteiger partial charge is 0.396 e. The lowest BCUT2D eigenvalue weighted by molar-refractivity contribution is 0.160. The topological polar surface area (TPSA) is 49.2 Å². The van der Waals surface area contributed by atoms with Crippen LogP contribution in [-0.2, 0) is 0 Å². The van der Waals surface area contributed by atoms with E-state index in [1.54, 1.807) is 12.4 Å². The molecule has 5 heteroatoms. The summed E-state index contributed by atoms with van der Waals surface area (Å²) in [6.45, 7) is 2.31. The molecule has 0 aromatic carbocycles. The van der Waals surface area contributed by atoms with Gasteiger partial charge >= 0.3 is 0 Å². The van der Waals surface area contributed by atoms with E-state index in [0.717, 1.165) is 36.4 Å². The van der Waals surface area contributed by atoms with Crippen LogP contribution in [0.15, 0.2) is 29.0 Å². The summed E-state index contributed by atoms with van der Waals surface area (Å²) in [5, 5.41) is 9.26. The van der Waals surface area contributed by atoms with Gasteiger partial charge in [0.05, 0.1) is 4.47 Å². The molecule has 1 aromatic heterocycles. The Morgan fingerprint density at radius 1 is 1.21 bits per heavy atom. The standard InChI is InChI=1S/C14H18BrN3O/c15-12-7-16-14(17-8-12)18-5-3-10(4-6-18)13-2-1-11(13)9-19/h1-2,7-8,10-11,13,19H,3-6,9H2. The van der Waals surface area contributed by atoms with Crippen LogP contribution in [0.25, 0.3) is 0 Å². The third kappa shape index (κ3) is 2.67. The Morgan fingerprint density at radius 2 is 1.89 bits per heavy atom. The molecule has 102 valence electrons. The molecular weight excluding hydrogens is 306 g/mol. The van der Waals surface area contributed by atoms with Crippen LogP contribution < -0.4 is 4.90 Å². The smallest absolute Gasteiger partial charge is 0.225 e. The lowest BCUT2D eigenvalue weighted by atomic mass is 9.71. The summed E-state index contributed by atoms with van der Waals surface area (Å²) >= 11 is 3.35. The fourth-order valence-electron chi connectivity index (χ4n) is 3.04.